The lowest BCUT2D eigenvalue weighted by Gasteiger charge is -2.16. The Kier molecular flexibility index (Phi) is 5.06. The standard InChI is InChI=1S/C17H21NO3/c1-19-14-7-4-12(5-8-14)16(18)10-13-6-9-15(20-2)11-17(13)21-3/h4-9,11,16H,10,18H2,1-3H3. The molecule has 4 heteroatoms. The van der Waals surface area contributed by atoms with Gasteiger partial charge in [0, 0.05) is 12.1 Å². The Morgan fingerprint density at radius 3 is 2.05 bits per heavy atom. The molecule has 2 rings (SSSR count). The molecule has 0 radical (unpaired) electrons. The zero-order valence-electron chi connectivity index (χ0n) is 12.6. The minimum atomic E-state index is -0.0989. The lowest BCUT2D eigenvalue weighted by Crippen LogP contribution is -2.13. The Balaban J connectivity index is 2.16. The van der Waals surface area contributed by atoms with Crippen molar-refractivity contribution in [1.29, 1.82) is 0 Å². The normalized spacial score (nSPS) is 11.8. The lowest BCUT2D eigenvalue weighted by molar-refractivity contribution is 0.390. The summed E-state index contributed by atoms with van der Waals surface area (Å²) in [7, 11) is 4.94. The smallest absolute Gasteiger partial charge is 0.125 e. The van der Waals surface area contributed by atoms with Crippen molar-refractivity contribution in [3.8, 4) is 17.2 Å². The van der Waals surface area contributed by atoms with Gasteiger partial charge in [0.1, 0.15) is 17.2 Å². The summed E-state index contributed by atoms with van der Waals surface area (Å²) >= 11 is 0. The van der Waals surface area contributed by atoms with Crippen molar-refractivity contribution in [2.24, 2.45) is 5.73 Å². The van der Waals surface area contributed by atoms with E-state index in [2.05, 4.69) is 0 Å². The minimum absolute atomic E-state index is 0.0989. The molecule has 4 nitrogen and oxygen atoms in total. The van der Waals surface area contributed by atoms with Crippen LogP contribution in [0.5, 0.6) is 17.2 Å². The maximum atomic E-state index is 6.29. The molecule has 21 heavy (non-hydrogen) atoms. The van der Waals surface area contributed by atoms with E-state index in [1.807, 2.05) is 42.5 Å². The van der Waals surface area contributed by atoms with Gasteiger partial charge in [-0.25, -0.2) is 0 Å². The van der Waals surface area contributed by atoms with Crippen molar-refractivity contribution in [3.05, 3.63) is 53.6 Å². The topological polar surface area (TPSA) is 53.7 Å². The van der Waals surface area contributed by atoms with Gasteiger partial charge in [0.25, 0.3) is 0 Å². The van der Waals surface area contributed by atoms with Crippen molar-refractivity contribution in [1.82, 2.24) is 0 Å². The third kappa shape index (κ3) is 3.67. The van der Waals surface area contributed by atoms with Gasteiger partial charge in [0.15, 0.2) is 0 Å². The molecule has 0 spiro atoms. The van der Waals surface area contributed by atoms with Crippen molar-refractivity contribution in [2.45, 2.75) is 12.5 Å². The van der Waals surface area contributed by atoms with Crippen LogP contribution in [0.4, 0.5) is 0 Å². The molecule has 1 unspecified atom stereocenters. The van der Waals surface area contributed by atoms with E-state index in [-0.39, 0.29) is 6.04 Å². The van der Waals surface area contributed by atoms with Crippen LogP contribution in [0, 0.1) is 0 Å². The lowest BCUT2D eigenvalue weighted by atomic mass is 9.99. The number of rotatable bonds is 6. The van der Waals surface area contributed by atoms with Gasteiger partial charge in [0.2, 0.25) is 0 Å². The van der Waals surface area contributed by atoms with E-state index in [1.165, 1.54) is 0 Å². The van der Waals surface area contributed by atoms with Crippen LogP contribution in [0.3, 0.4) is 0 Å². The number of hydrogen-bond acceptors (Lipinski definition) is 4. The maximum absolute atomic E-state index is 6.29. The van der Waals surface area contributed by atoms with Crippen LogP contribution in [0.25, 0.3) is 0 Å². The van der Waals surface area contributed by atoms with Crippen LogP contribution in [0.15, 0.2) is 42.5 Å². The summed E-state index contributed by atoms with van der Waals surface area (Å²) in [4.78, 5) is 0. The van der Waals surface area contributed by atoms with E-state index in [4.69, 9.17) is 19.9 Å². The van der Waals surface area contributed by atoms with Gasteiger partial charge in [-0.05, 0) is 35.7 Å². The number of ether oxygens (including phenoxy) is 3. The number of hydrogen-bond donors (Lipinski definition) is 1. The predicted molar refractivity (Wildman–Crippen MR) is 83.2 cm³/mol. The highest BCUT2D eigenvalue weighted by Gasteiger charge is 2.12. The largest absolute Gasteiger partial charge is 0.497 e. The summed E-state index contributed by atoms with van der Waals surface area (Å²) in [6.07, 6.45) is 0.694. The number of nitrogens with two attached hydrogens (primary N) is 1. The molecule has 2 N–H and O–H groups in total. The minimum Gasteiger partial charge on any atom is -0.497 e. The molecule has 0 saturated heterocycles. The van der Waals surface area contributed by atoms with E-state index in [0.29, 0.717) is 6.42 Å². The Morgan fingerprint density at radius 2 is 1.48 bits per heavy atom. The molecule has 2 aromatic carbocycles. The van der Waals surface area contributed by atoms with Crippen LogP contribution in [-0.2, 0) is 6.42 Å². The second kappa shape index (κ2) is 6.99. The molecule has 112 valence electrons. The first-order valence-corrected chi connectivity index (χ1v) is 6.78. The van der Waals surface area contributed by atoms with Crippen molar-refractivity contribution in [3.63, 3.8) is 0 Å². The summed E-state index contributed by atoms with van der Waals surface area (Å²) in [6.45, 7) is 0. The molecule has 1 atom stereocenters. The van der Waals surface area contributed by atoms with Gasteiger partial charge in [-0.1, -0.05) is 18.2 Å². The SMILES string of the molecule is COc1ccc(C(N)Cc2ccc(OC)cc2OC)cc1. The predicted octanol–water partition coefficient (Wildman–Crippen LogP) is 2.95. The average Bonchev–Trinajstić information content (AvgIpc) is 2.55. The van der Waals surface area contributed by atoms with Crippen LogP contribution in [-0.4, -0.2) is 21.3 Å². The Hall–Kier alpha value is -2.20. The van der Waals surface area contributed by atoms with Crippen molar-refractivity contribution in [2.75, 3.05) is 21.3 Å². The van der Waals surface area contributed by atoms with Gasteiger partial charge in [-0.3, -0.25) is 0 Å². The van der Waals surface area contributed by atoms with Crippen molar-refractivity contribution >= 4 is 0 Å². The van der Waals surface area contributed by atoms with E-state index >= 15 is 0 Å². The molecule has 2 aromatic rings. The molecule has 0 saturated carbocycles. The van der Waals surface area contributed by atoms with E-state index in [0.717, 1.165) is 28.4 Å². The zero-order valence-corrected chi connectivity index (χ0v) is 12.6. The number of benzene rings is 2. The molecule has 0 heterocycles. The fourth-order valence-electron chi connectivity index (χ4n) is 2.23. The Labute approximate surface area is 125 Å². The monoisotopic (exact) mass is 287 g/mol. The fourth-order valence-corrected chi connectivity index (χ4v) is 2.23. The molecule has 0 aromatic heterocycles. The Morgan fingerprint density at radius 1 is 0.857 bits per heavy atom. The van der Waals surface area contributed by atoms with E-state index in [1.54, 1.807) is 21.3 Å². The summed E-state index contributed by atoms with van der Waals surface area (Å²) in [6, 6.07) is 13.5. The van der Waals surface area contributed by atoms with Crippen LogP contribution >= 0.6 is 0 Å². The van der Waals surface area contributed by atoms with Crippen LogP contribution in [0.2, 0.25) is 0 Å². The summed E-state index contributed by atoms with van der Waals surface area (Å²) in [5.74, 6) is 2.39. The van der Waals surface area contributed by atoms with Crippen LogP contribution in [0.1, 0.15) is 17.2 Å². The first kappa shape index (κ1) is 15.2. The molecule has 0 fully saturated rings. The average molecular weight is 287 g/mol. The Bertz CT molecular complexity index is 581. The molecule has 0 bridgehead atoms. The molecular weight excluding hydrogens is 266 g/mol. The first-order valence-electron chi connectivity index (χ1n) is 6.78. The maximum Gasteiger partial charge on any atom is 0.125 e. The van der Waals surface area contributed by atoms with E-state index in [9.17, 15) is 0 Å². The molecule has 0 aliphatic carbocycles. The van der Waals surface area contributed by atoms with E-state index < -0.39 is 0 Å². The van der Waals surface area contributed by atoms with Gasteiger partial charge < -0.3 is 19.9 Å². The fraction of sp³-hybridized carbons (Fsp3) is 0.294. The van der Waals surface area contributed by atoms with Crippen LogP contribution < -0.4 is 19.9 Å². The van der Waals surface area contributed by atoms with Gasteiger partial charge in [-0.2, -0.15) is 0 Å². The second-order valence-corrected chi connectivity index (χ2v) is 4.76. The summed E-state index contributed by atoms with van der Waals surface area (Å²) in [5.41, 5.74) is 8.41. The highest BCUT2D eigenvalue weighted by molar-refractivity contribution is 5.42. The van der Waals surface area contributed by atoms with Gasteiger partial charge >= 0.3 is 0 Å². The molecule has 0 aliphatic rings. The van der Waals surface area contributed by atoms with Crippen molar-refractivity contribution < 1.29 is 14.2 Å². The van der Waals surface area contributed by atoms with Gasteiger partial charge in [0.05, 0.1) is 21.3 Å². The van der Waals surface area contributed by atoms with Gasteiger partial charge in [-0.15, -0.1) is 0 Å². The molecular formula is C17H21NO3. The highest BCUT2D eigenvalue weighted by Crippen LogP contribution is 2.28. The third-order valence-electron chi connectivity index (χ3n) is 3.48. The quantitative estimate of drug-likeness (QED) is 0.887. The molecule has 0 amide bonds. The summed E-state index contributed by atoms with van der Waals surface area (Å²) in [5, 5.41) is 0. The summed E-state index contributed by atoms with van der Waals surface area (Å²) < 4.78 is 15.8. The second-order valence-electron chi connectivity index (χ2n) is 4.76. The highest BCUT2D eigenvalue weighted by atomic mass is 16.5. The number of methoxy groups -OCH3 is 3. The zero-order chi connectivity index (χ0) is 15.2. The first-order chi connectivity index (χ1) is 10.2. The third-order valence-corrected chi connectivity index (χ3v) is 3.48. The molecule has 0 aliphatic heterocycles.